The number of nitrogens with zero attached hydrogens (tertiary/aromatic N) is 2. The molecule has 0 aromatic heterocycles. The summed E-state index contributed by atoms with van der Waals surface area (Å²) in [6.45, 7) is 9.26. The van der Waals surface area contributed by atoms with Crippen LogP contribution in [0.25, 0.3) is 0 Å². The Morgan fingerprint density at radius 1 is 1.45 bits per heavy atom. The summed E-state index contributed by atoms with van der Waals surface area (Å²) in [4.78, 5) is 14.6. The summed E-state index contributed by atoms with van der Waals surface area (Å²) in [5, 5.41) is 0. The molecule has 11 heavy (non-hydrogen) atoms. The predicted molar refractivity (Wildman–Crippen MR) is 44.1 cm³/mol. The Labute approximate surface area is 66.6 Å². The molecule has 60 valence electrons. The van der Waals surface area contributed by atoms with Gasteiger partial charge in [0.05, 0.1) is 0 Å². The van der Waals surface area contributed by atoms with E-state index in [0.29, 0.717) is 6.54 Å². The van der Waals surface area contributed by atoms with Crippen molar-refractivity contribution < 1.29 is 4.79 Å². The van der Waals surface area contributed by atoms with Crippen LogP contribution in [0.4, 0.5) is 4.79 Å². The molecule has 1 aliphatic rings. The molecule has 0 aromatic carbocycles. The lowest BCUT2D eigenvalue weighted by molar-refractivity contribution is 0.206. The van der Waals surface area contributed by atoms with Gasteiger partial charge in [0.2, 0.25) is 0 Å². The minimum Gasteiger partial charge on any atom is -0.319 e. The van der Waals surface area contributed by atoms with Crippen LogP contribution in [0.15, 0.2) is 25.4 Å². The van der Waals surface area contributed by atoms with E-state index in [9.17, 15) is 4.79 Å². The van der Waals surface area contributed by atoms with Gasteiger partial charge in [-0.05, 0) is 0 Å². The summed E-state index contributed by atoms with van der Waals surface area (Å²) in [6.07, 6.45) is 3.29. The van der Waals surface area contributed by atoms with Crippen molar-refractivity contribution >= 4 is 6.03 Å². The van der Waals surface area contributed by atoms with Crippen LogP contribution in [-0.4, -0.2) is 35.5 Å². The van der Waals surface area contributed by atoms with Gasteiger partial charge in [-0.15, -0.1) is 6.58 Å². The van der Waals surface area contributed by atoms with Gasteiger partial charge in [0.15, 0.2) is 0 Å². The Kier molecular flexibility index (Phi) is 2.31. The van der Waals surface area contributed by atoms with Gasteiger partial charge in [-0.3, -0.25) is 4.90 Å². The zero-order valence-electron chi connectivity index (χ0n) is 6.49. The molecule has 1 fully saturated rings. The second-order valence-corrected chi connectivity index (χ2v) is 2.39. The van der Waals surface area contributed by atoms with Crippen molar-refractivity contribution in [2.45, 2.75) is 0 Å². The van der Waals surface area contributed by atoms with Crippen molar-refractivity contribution in [1.82, 2.24) is 9.80 Å². The van der Waals surface area contributed by atoms with E-state index in [0.717, 1.165) is 13.1 Å². The lowest BCUT2D eigenvalue weighted by Gasteiger charge is -2.12. The van der Waals surface area contributed by atoms with E-state index in [1.807, 2.05) is 0 Å². The highest BCUT2D eigenvalue weighted by Crippen LogP contribution is 2.07. The third-order valence-electron chi connectivity index (χ3n) is 1.70. The fraction of sp³-hybridized carbons (Fsp3) is 0.375. The number of urea groups is 1. The summed E-state index contributed by atoms with van der Waals surface area (Å²) >= 11 is 0. The third kappa shape index (κ3) is 1.42. The molecule has 0 radical (unpaired) electrons. The first-order valence-corrected chi connectivity index (χ1v) is 3.58. The standard InChI is InChI=1S/C8H12N2O/c1-3-5-10-7-6-9(4-2)8(10)11/h3-4H,1-2,5-7H2. The quantitative estimate of drug-likeness (QED) is 0.554. The average Bonchev–Trinajstić information content (AvgIpc) is 2.34. The third-order valence-corrected chi connectivity index (χ3v) is 1.70. The highest BCUT2D eigenvalue weighted by Gasteiger charge is 2.24. The number of hydrogen-bond acceptors (Lipinski definition) is 1. The number of hydrogen-bond donors (Lipinski definition) is 0. The molecule has 0 bridgehead atoms. The molecule has 0 unspecified atom stereocenters. The van der Waals surface area contributed by atoms with Crippen LogP contribution in [0.2, 0.25) is 0 Å². The van der Waals surface area contributed by atoms with Crippen molar-refractivity contribution in [3.63, 3.8) is 0 Å². The molecule has 0 spiro atoms. The number of carbonyl (C=O) groups excluding carboxylic acids is 1. The molecule has 1 aliphatic heterocycles. The molecule has 1 saturated heterocycles. The molecule has 2 amide bonds. The number of carbonyl (C=O) groups is 1. The Morgan fingerprint density at radius 2 is 2.18 bits per heavy atom. The minimum absolute atomic E-state index is 0.0277. The fourth-order valence-electron chi connectivity index (χ4n) is 1.10. The molecule has 0 aliphatic carbocycles. The van der Waals surface area contributed by atoms with E-state index in [1.54, 1.807) is 22.1 Å². The average molecular weight is 152 g/mol. The zero-order valence-corrected chi connectivity index (χ0v) is 6.49. The van der Waals surface area contributed by atoms with E-state index < -0.39 is 0 Å². The van der Waals surface area contributed by atoms with Gasteiger partial charge in [0.1, 0.15) is 0 Å². The predicted octanol–water partition coefficient (Wildman–Crippen LogP) is 1.05. The van der Waals surface area contributed by atoms with Crippen molar-refractivity contribution in [2.24, 2.45) is 0 Å². The van der Waals surface area contributed by atoms with Gasteiger partial charge < -0.3 is 4.90 Å². The van der Waals surface area contributed by atoms with Gasteiger partial charge >= 0.3 is 6.03 Å². The smallest absolute Gasteiger partial charge is 0.319 e. The molecule has 1 heterocycles. The van der Waals surface area contributed by atoms with E-state index in [4.69, 9.17) is 0 Å². The summed E-state index contributed by atoms with van der Waals surface area (Å²) in [5.74, 6) is 0. The molecule has 3 nitrogen and oxygen atoms in total. The van der Waals surface area contributed by atoms with Gasteiger partial charge in [-0.2, -0.15) is 0 Å². The topological polar surface area (TPSA) is 23.6 Å². The number of rotatable bonds is 3. The van der Waals surface area contributed by atoms with Crippen molar-refractivity contribution in [1.29, 1.82) is 0 Å². The fourth-order valence-corrected chi connectivity index (χ4v) is 1.10. The first-order valence-electron chi connectivity index (χ1n) is 3.58. The van der Waals surface area contributed by atoms with Crippen molar-refractivity contribution in [3.05, 3.63) is 25.4 Å². The van der Waals surface area contributed by atoms with E-state index in [1.165, 1.54) is 0 Å². The lowest BCUT2D eigenvalue weighted by atomic mass is 10.5. The van der Waals surface area contributed by atoms with Crippen LogP contribution >= 0.6 is 0 Å². The Hall–Kier alpha value is -1.25. The van der Waals surface area contributed by atoms with Gasteiger partial charge in [0, 0.05) is 25.8 Å². The van der Waals surface area contributed by atoms with Crippen LogP contribution in [0, 0.1) is 0 Å². The Bertz CT molecular complexity index is 189. The van der Waals surface area contributed by atoms with Crippen LogP contribution in [0.5, 0.6) is 0 Å². The van der Waals surface area contributed by atoms with Crippen LogP contribution < -0.4 is 0 Å². The monoisotopic (exact) mass is 152 g/mol. The molecular formula is C8H12N2O. The summed E-state index contributed by atoms with van der Waals surface area (Å²) < 4.78 is 0. The molecule has 3 heteroatoms. The number of amides is 2. The SMILES string of the molecule is C=CCN1CCN(C=C)C1=O. The van der Waals surface area contributed by atoms with Crippen molar-refractivity contribution in [2.75, 3.05) is 19.6 Å². The second kappa shape index (κ2) is 3.23. The van der Waals surface area contributed by atoms with Gasteiger partial charge in [-0.1, -0.05) is 12.7 Å². The van der Waals surface area contributed by atoms with Gasteiger partial charge in [-0.25, -0.2) is 4.79 Å². The summed E-state index contributed by atoms with van der Waals surface area (Å²) in [6, 6.07) is 0.0277. The Balaban J connectivity index is 2.55. The van der Waals surface area contributed by atoms with Crippen LogP contribution in [0.3, 0.4) is 0 Å². The maximum Gasteiger partial charge on any atom is 0.324 e. The molecule has 0 N–H and O–H groups in total. The summed E-state index contributed by atoms with van der Waals surface area (Å²) in [7, 11) is 0. The highest BCUT2D eigenvalue weighted by molar-refractivity contribution is 5.77. The van der Waals surface area contributed by atoms with Crippen LogP contribution in [0.1, 0.15) is 0 Å². The second-order valence-electron chi connectivity index (χ2n) is 2.39. The Morgan fingerprint density at radius 3 is 2.64 bits per heavy atom. The van der Waals surface area contributed by atoms with Gasteiger partial charge in [0.25, 0.3) is 0 Å². The maximum atomic E-state index is 11.3. The zero-order chi connectivity index (χ0) is 8.27. The molecule has 0 atom stereocenters. The first kappa shape index (κ1) is 7.85. The van der Waals surface area contributed by atoms with E-state index in [2.05, 4.69) is 13.2 Å². The maximum absolute atomic E-state index is 11.3. The lowest BCUT2D eigenvalue weighted by Crippen LogP contribution is -2.28. The summed E-state index contributed by atoms with van der Waals surface area (Å²) in [5.41, 5.74) is 0. The first-order chi connectivity index (χ1) is 5.29. The molecule has 1 rings (SSSR count). The molecule has 0 aromatic rings. The molecular weight excluding hydrogens is 140 g/mol. The highest BCUT2D eigenvalue weighted by atomic mass is 16.2. The molecule has 0 saturated carbocycles. The normalized spacial score (nSPS) is 17.3. The van der Waals surface area contributed by atoms with E-state index >= 15 is 0 Å². The van der Waals surface area contributed by atoms with Crippen LogP contribution in [-0.2, 0) is 0 Å². The largest absolute Gasteiger partial charge is 0.324 e. The van der Waals surface area contributed by atoms with E-state index in [-0.39, 0.29) is 6.03 Å². The van der Waals surface area contributed by atoms with Crippen molar-refractivity contribution in [3.8, 4) is 0 Å². The minimum atomic E-state index is 0.0277.